The molecule has 0 aliphatic carbocycles. The molecule has 16 heteroatoms. The van der Waals surface area contributed by atoms with Gasteiger partial charge in [-0.25, -0.2) is 9.97 Å². The van der Waals surface area contributed by atoms with E-state index in [9.17, 15) is 35.9 Å². The summed E-state index contributed by atoms with van der Waals surface area (Å²) in [6, 6.07) is 5.73. The van der Waals surface area contributed by atoms with Crippen LogP contribution in [0, 0.1) is 0 Å². The minimum absolute atomic E-state index is 0.0343. The van der Waals surface area contributed by atoms with Gasteiger partial charge in [-0.05, 0) is 41.8 Å². The summed E-state index contributed by atoms with van der Waals surface area (Å²) in [6.07, 6.45) is -7.76. The topological polar surface area (TPSA) is 89.3 Å². The summed E-state index contributed by atoms with van der Waals surface area (Å²) < 4.78 is 81.4. The third-order valence-corrected chi connectivity index (χ3v) is 7.57. The van der Waals surface area contributed by atoms with Crippen molar-refractivity contribution >= 4 is 50.6 Å². The van der Waals surface area contributed by atoms with Gasteiger partial charge in [0.2, 0.25) is 5.95 Å². The molecule has 0 unspecified atom stereocenters. The van der Waals surface area contributed by atoms with Gasteiger partial charge in [0.25, 0.3) is 5.56 Å². The monoisotopic (exact) mass is 603 g/mol. The zero-order valence-electron chi connectivity index (χ0n) is 20.2. The Morgan fingerprint density at radius 2 is 1.90 bits per heavy atom. The van der Waals surface area contributed by atoms with Crippen LogP contribution in [0.4, 0.5) is 38.0 Å². The van der Waals surface area contributed by atoms with Crippen molar-refractivity contribution < 1.29 is 36.0 Å². The van der Waals surface area contributed by atoms with Crippen LogP contribution in [-0.2, 0) is 23.9 Å². The van der Waals surface area contributed by atoms with Crippen molar-refractivity contribution in [2.75, 3.05) is 19.0 Å². The first-order chi connectivity index (χ1) is 18.8. The highest BCUT2D eigenvalue weighted by molar-refractivity contribution is 7.22. The van der Waals surface area contributed by atoms with E-state index in [1.807, 2.05) is 0 Å². The molecule has 0 spiro atoms. The summed E-state index contributed by atoms with van der Waals surface area (Å²) in [5.74, 6) is -2.19. The summed E-state index contributed by atoms with van der Waals surface area (Å²) in [5, 5.41) is 2.94. The molecule has 0 saturated carbocycles. The Labute approximate surface area is 229 Å². The number of halogens is 7. The molecule has 40 heavy (non-hydrogen) atoms. The number of rotatable bonds is 4. The molecule has 0 atom stereocenters. The fourth-order valence-electron chi connectivity index (χ4n) is 4.26. The number of hydrogen-bond acceptors (Lipinski definition) is 7. The largest absolute Gasteiger partial charge is 0.471 e. The maximum atomic E-state index is 13.9. The number of benzene rings is 1. The number of pyridine rings is 1. The van der Waals surface area contributed by atoms with Gasteiger partial charge in [-0.3, -0.25) is 9.59 Å². The zero-order chi connectivity index (χ0) is 29.0. The Balaban J connectivity index is 1.50. The van der Waals surface area contributed by atoms with Gasteiger partial charge in [-0.15, -0.1) is 11.3 Å². The highest BCUT2D eigenvalue weighted by Crippen LogP contribution is 2.40. The smallest absolute Gasteiger partial charge is 0.414 e. The highest BCUT2D eigenvalue weighted by Gasteiger charge is 2.43. The second-order valence-electron chi connectivity index (χ2n) is 8.67. The predicted molar refractivity (Wildman–Crippen MR) is 135 cm³/mol. The third kappa shape index (κ3) is 5.18. The lowest BCUT2D eigenvalue weighted by Crippen LogP contribution is -2.43. The molecule has 1 aromatic carbocycles. The molecule has 3 aromatic heterocycles. The van der Waals surface area contributed by atoms with E-state index in [4.69, 9.17) is 16.4 Å². The lowest BCUT2D eigenvalue weighted by Gasteiger charge is -2.30. The van der Waals surface area contributed by atoms with Gasteiger partial charge in [-0.2, -0.15) is 31.1 Å². The fourth-order valence-corrected chi connectivity index (χ4v) is 5.55. The molecule has 1 amide bonds. The van der Waals surface area contributed by atoms with E-state index in [-0.39, 0.29) is 46.4 Å². The average Bonchev–Trinajstić information content (AvgIpc) is 3.33. The lowest BCUT2D eigenvalue weighted by atomic mass is 9.99. The van der Waals surface area contributed by atoms with Gasteiger partial charge in [0, 0.05) is 30.2 Å². The SMILES string of the molecule is COn1ccc2sc(-c3nc(Nc4cc5c(cc4Cl)CN(C(=O)C(F)(F)F)CC5)ncc3C(F)(F)F)cc2c1=O. The maximum absolute atomic E-state index is 13.9. The normalized spacial score (nSPS) is 13.8. The van der Waals surface area contributed by atoms with Gasteiger partial charge < -0.3 is 15.1 Å². The second-order valence-corrected chi connectivity index (χ2v) is 10.2. The van der Waals surface area contributed by atoms with Crippen LogP contribution in [0.15, 0.2) is 41.5 Å². The minimum atomic E-state index is -5.00. The summed E-state index contributed by atoms with van der Waals surface area (Å²) >= 11 is 7.25. The minimum Gasteiger partial charge on any atom is -0.414 e. The highest BCUT2D eigenvalue weighted by atomic mass is 35.5. The number of anilines is 2. The van der Waals surface area contributed by atoms with Crippen LogP contribution in [0.25, 0.3) is 20.7 Å². The molecule has 0 radical (unpaired) electrons. The molecular formula is C24H16ClF6N5O3S. The number of hydrogen-bond donors (Lipinski definition) is 1. The fraction of sp³-hybridized carbons (Fsp3) is 0.250. The molecule has 8 nitrogen and oxygen atoms in total. The lowest BCUT2D eigenvalue weighted by molar-refractivity contribution is -0.186. The maximum Gasteiger partial charge on any atom is 0.471 e. The van der Waals surface area contributed by atoms with Crippen molar-refractivity contribution in [1.29, 1.82) is 0 Å². The standard InChI is InChI=1S/C24H16ClF6N5O3S/c1-39-36-5-3-17-13(20(36)37)8-18(40-17)19-14(23(26,27)28)9-32-22(34-19)33-16-7-11-2-4-35(21(38)24(29,30)31)10-12(11)6-15(16)25/h3,5-9H,2,4,10H2,1H3,(H,32,33,34). The van der Waals surface area contributed by atoms with Crippen LogP contribution in [0.3, 0.4) is 0 Å². The van der Waals surface area contributed by atoms with Gasteiger partial charge in [0.05, 0.1) is 26.7 Å². The molecule has 0 saturated heterocycles. The van der Waals surface area contributed by atoms with Gasteiger partial charge >= 0.3 is 18.3 Å². The Morgan fingerprint density at radius 3 is 2.58 bits per heavy atom. The Morgan fingerprint density at radius 1 is 1.15 bits per heavy atom. The van der Waals surface area contributed by atoms with Crippen molar-refractivity contribution in [2.24, 2.45) is 0 Å². The molecule has 1 aliphatic heterocycles. The summed E-state index contributed by atoms with van der Waals surface area (Å²) in [7, 11) is 1.27. The van der Waals surface area contributed by atoms with Crippen LogP contribution >= 0.6 is 22.9 Å². The van der Waals surface area contributed by atoms with E-state index >= 15 is 0 Å². The van der Waals surface area contributed by atoms with E-state index in [0.29, 0.717) is 26.9 Å². The Bertz CT molecular complexity index is 1700. The number of thiophene rings is 1. The predicted octanol–water partition coefficient (Wildman–Crippen LogP) is 5.44. The van der Waals surface area contributed by atoms with Crippen molar-refractivity contribution in [3.05, 3.63) is 68.7 Å². The number of nitrogens with zero attached hydrogens (tertiary/aromatic N) is 4. The first-order valence-electron chi connectivity index (χ1n) is 11.3. The number of aromatic nitrogens is 3. The van der Waals surface area contributed by atoms with E-state index in [1.54, 1.807) is 0 Å². The summed E-state index contributed by atoms with van der Waals surface area (Å²) in [6.45, 7) is -0.477. The molecular weight excluding hydrogens is 588 g/mol. The first kappa shape index (κ1) is 27.7. The van der Waals surface area contributed by atoms with E-state index in [2.05, 4.69) is 15.3 Å². The second kappa shape index (κ2) is 9.96. The summed E-state index contributed by atoms with van der Waals surface area (Å²) in [5.41, 5.74) is -0.932. The molecule has 4 heterocycles. The molecule has 1 N–H and O–H groups in total. The number of fused-ring (bicyclic) bond motifs is 2. The van der Waals surface area contributed by atoms with Crippen LogP contribution in [0.2, 0.25) is 5.02 Å². The molecule has 0 bridgehead atoms. The van der Waals surface area contributed by atoms with Crippen LogP contribution in [-0.4, -0.2) is 45.3 Å². The van der Waals surface area contributed by atoms with Gasteiger partial charge in [0.15, 0.2) is 0 Å². The Kier molecular flexibility index (Phi) is 6.90. The van der Waals surface area contributed by atoms with Gasteiger partial charge in [-0.1, -0.05) is 11.6 Å². The summed E-state index contributed by atoms with van der Waals surface area (Å²) in [4.78, 5) is 37.7. The number of nitrogens with one attached hydrogen (secondary N) is 1. The quantitative estimate of drug-likeness (QED) is 0.313. The number of carbonyl (C=O) groups excluding carboxylic acids is 1. The van der Waals surface area contributed by atoms with E-state index < -0.39 is 35.1 Å². The first-order valence-corrected chi connectivity index (χ1v) is 12.5. The van der Waals surface area contributed by atoms with Crippen molar-refractivity contribution in [3.8, 4) is 10.6 Å². The Hall–Kier alpha value is -3.85. The molecule has 4 aromatic rings. The third-order valence-electron chi connectivity index (χ3n) is 6.15. The molecule has 210 valence electrons. The molecule has 5 rings (SSSR count). The molecule has 0 fully saturated rings. The number of carbonyl (C=O) groups is 1. The van der Waals surface area contributed by atoms with Crippen LogP contribution < -0.4 is 15.7 Å². The van der Waals surface area contributed by atoms with Crippen molar-refractivity contribution in [1.82, 2.24) is 19.6 Å². The van der Waals surface area contributed by atoms with Crippen LogP contribution in [0.1, 0.15) is 16.7 Å². The molecule has 1 aliphatic rings. The number of alkyl halides is 6. The van der Waals surface area contributed by atoms with Crippen LogP contribution in [0.5, 0.6) is 0 Å². The van der Waals surface area contributed by atoms with E-state index in [0.717, 1.165) is 16.1 Å². The van der Waals surface area contributed by atoms with E-state index in [1.165, 1.54) is 37.6 Å². The van der Waals surface area contributed by atoms with Gasteiger partial charge in [0.1, 0.15) is 12.7 Å². The van der Waals surface area contributed by atoms with Crippen molar-refractivity contribution in [2.45, 2.75) is 25.3 Å². The average molecular weight is 604 g/mol. The van der Waals surface area contributed by atoms with Crippen molar-refractivity contribution in [3.63, 3.8) is 0 Å². The number of amides is 1. The zero-order valence-corrected chi connectivity index (χ0v) is 21.7.